The van der Waals surface area contributed by atoms with E-state index in [1.165, 1.54) is 29.4 Å². The third-order valence-electron chi connectivity index (χ3n) is 5.21. The predicted molar refractivity (Wildman–Crippen MR) is 109 cm³/mol. The van der Waals surface area contributed by atoms with Gasteiger partial charge in [0.25, 0.3) is 0 Å². The second kappa shape index (κ2) is 8.37. The predicted octanol–water partition coefficient (Wildman–Crippen LogP) is -1.49. The van der Waals surface area contributed by atoms with Crippen LogP contribution < -0.4 is 16.8 Å². The van der Waals surface area contributed by atoms with E-state index >= 15 is 0 Å². The highest BCUT2D eigenvalue weighted by Crippen LogP contribution is 2.32. The number of phenols is 1. The van der Waals surface area contributed by atoms with Crippen molar-refractivity contribution < 1.29 is 29.6 Å². The first-order chi connectivity index (χ1) is 15.3. The quantitative estimate of drug-likeness (QED) is 0.258. The molecule has 4 rings (SSSR count). The molecule has 1 amide bonds. The molecule has 1 saturated heterocycles. The molecule has 5 atom stereocenters. The van der Waals surface area contributed by atoms with Gasteiger partial charge in [-0.25, -0.2) is 19.7 Å². The molecule has 0 saturated carbocycles. The fraction of sp³-hybridized carbons (Fsp3) is 0.316. The van der Waals surface area contributed by atoms with Crippen molar-refractivity contribution in [3.8, 4) is 5.75 Å². The lowest BCUT2D eigenvalue weighted by Crippen LogP contribution is -2.54. The molecule has 0 bridgehead atoms. The molecule has 13 heteroatoms. The summed E-state index contributed by atoms with van der Waals surface area (Å²) in [6.45, 7) is 0. The summed E-state index contributed by atoms with van der Waals surface area (Å²) < 4.78 is 6.87. The number of imidazole rings is 1. The van der Waals surface area contributed by atoms with Gasteiger partial charge in [0.2, 0.25) is 5.91 Å². The minimum atomic E-state index is -1.54. The maximum Gasteiger partial charge on any atom is 0.335 e. The molecule has 0 spiro atoms. The number of aliphatic hydroxyl groups is 1. The van der Waals surface area contributed by atoms with E-state index in [-0.39, 0.29) is 29.2 Å². The number of hydrogen-bond acceptors (Lipinski definition) is 10. The average Bonchev–Trinajstić information content (AvgIpc) is 3.32. The van der Waals surface area contributed by atoms with Gasteiger partial charge in [-0.3, -0.25) is 9.36 Å². The number of ether oxygens (including phenoxy) is 1. The van der Waals surface area contributed by atoms with E-state index in [9.17, 15) is 24.9 Å². The number of carboxylic acid groups (broad SMARTS) is 1. The van der Waals surface area contributed by atoms with Crippen LogP contribution in [0.2, 0.25) is 0 Å². The zero-order chi connectivity index (χ0) is 23.0. The lowest BCUT2D eigenvalue weighted by Gasteiger charge is -2.22. The molecule has 1 aliphatic heterocycles. The van der Waals surface area contributed by atoms with Crippen molar-refractivity contribution >= 4 is 28.9 Å². The largest absolute Gasteiger partial charge is 0.508 e. The van der Waals surface area contributed by atoms with Gasteiger partial charge < -0.3 is 36.8 Å². The van der Waals surface area contributed by atoms with E-state index in [0.717, 1.165) is 0 Å². The van der Waals surface area contributed by atoms with Crippen molar-refractivity contribution in [2.45, 2.75) is 36.9 Å². The third kappa shape index (κ3) is 3.91. The molecular formula is C19H21N7O6. The van der Waals surface area contributed by atoms with Crippen molar-refractivity contribution in [1.29, 1.82) is 0 Å². The Morgan fingerprint density at radius 2 is 1.94 bits per heavy atom. The molecule has 32 heavy (non-hydrogen) atoms. The number of carbonyl (C=O) groups excluding carboxylic acids is 1. The number of hydrogen-bond donors (Lipinski definition) is 6. The standard InChI is InChI=1S/C19H21N7O6/c20-10(5-8-1-3-9(27)4-2-8)17(29)25-11-13(28)18(32-14(11)19(30)31)26-7-24-12-15(21)22-6-23-16(12)26/h1-4,6-7,10-11,13-14,18,27-28H,5,20H2,(H,25,29)(H,30,31)(H2,21,22,23)/t10-,11-,13+,14-,18-/m0/s1. The average molecular weight is 443 g/mol. The van der Waals surface area contributed by atoms with Crippen molar-refractivity contribution in [3.05, 3.63) is 42.5 Å². The molecule has 13 nitrogen and oxygen atoms in total. The van der Waals surface area contributed by atoms with E-state index in [0.29, 0.717) is 5.56 Å². The summed E-state index contributed by atoms with van der Waals surface area (Å²) in [5.74, 6) is -1.85. The maximum atomic E-state index is 12.6. The Morgan fingerprint density at radius 3 is 2.62 bits per heavy atom. The van der Waals surface area contributed by atoms with Gasteiger partial charge in [-0.1, -0.05) is 12.1 Å². The van der Waals surface area contributed by atoms with Gasteiger partial charge in [-0.05, 0) is 24.1 Å². The summed E-state index contributed by atoms with van der Waals surface area (Å²) in [5.41, 5.74) is 12.9. The summed E-state index contributed by atoms with van der Waals surface area (Å²) in [5, 5.41) is 32.2. The number of amides is 1. The normalized spacial score (nSPS) is 23.8. The number of nitrogens with one attached hydrogen (secondary N) is 1. The van der Waals surface area contributed by atoms with Crippen molar-refractivity contribution in [2.75, 3.05) is 5.73 Å². The smallest absolute Gasteiger partial charge is 0.335 e. The highest BCUT2D eigenvalue weighted by atomic mass is 16.6. The Kier molecular flexibility index (Phi) is 5.61. The Balaban J connectivity index is 1.53. The number of phenolic OH excluding ortho intramolecular Hbond substituents is 1. The Bertz CT molecular complexity index is 1150. The molecular weight excluding hydrogens is 422 g/mol. The second-order valence-electron chi connectivity index (χ2n) is 7.37. The molecule has 1 fully saturated rings. The summed E-state index contributed by atoms with van der Waals surface area (Å²) in [4.78, 5) is 36.4. The monoisotopic (exact) mass is 443 g/mol. The zero-order valence-corrected chi connectivity index (χ0v) is 16.6. The molecule has 3 heterocycles. The van der Waals surface area contributed by atoms with Crippen LogP contribution in [0.3, 0.4) is 0 Å². The van der Waals surface area contributed by atoms with Crippen molar-refractivity contribution in [2.24, 2.45) is 5.73 Å². The van der Waals surface area contributed by atoms with Gasteiger partial charge in [0.05, 0.1) is 18.4 Å². The molecule has 1 aliphatic rings. The van der Waals surface area contributed by atoms with Crippen molar-refractivity contribution in [3.63, 3.8) is 0 Å². The molecule has 0 radical (unpaired) electrons. The van der Waals surface area contributed by atoms with Crippen LogP contribution in [0.1, 0.15) is 11.8 Å². The number of fused-ring (bicyclic) bond motifs is 1. The highest BCUT2D eigenvalue weighted by molar-refractivity contribution is 5.84. The molecule has 3 aromatic rings. The van der Waals surface area contributed by atoms with Crippen LogP contribution >= 0.6 is 0 Å². The summed E-state index contributed by atoms with van der Waals surface area (Å²) >= 11 is 0. The Morgan fingerprint density at radius 1 is 1.22 bits per heavy atom. The van der Waals surface area contributed by atoms with Gasteiger partial charge >= 0.3 is 5.97 Å². The molecule has 1 aromatic carbocycles. The number of rotatable bonds is 6. The fourth-order valence-electron chi connectivity index (χ4n) is 3.58. The van der Waals surface area contributed by atoms with E-state index in [2.05, 4.69) is 20.3 Å². The van der Waals surface area contributed by atoms with E-state index < -0.39 is 42.4 Å². The molecule has 0 unspecified atom stereocenters. The number of aromatic nitrogens is 4. The lowest BCUT2D eigenvalue weighted by molar-refractivity contribution is -0.152. The number of aromatic hydroxyl groups is 1. The number of benzene rings is 1. The van der Waals surface area contributed by atoms with Crippen LogP contribution in [0, 0.1) is 0 Å². The third-order valence-corrected chi connectivity index (χ3v) is 5.21. The molecule has 168 valence electrons. The topological polar surface area (TPSA) is 212 Å². The highest BCUT2D eigenvalue weighted by Gasteiger charge is 2.49. The van der Waals surface area contributed by atoms with E-state index in [1.54, 1.807) is 12.1 Å². The fourth-order valence-corrected chi connectivity index (χ4v) is 3.58. The molecule has 8 N–H and O–H groups in total. The Hall–Kier alpha value is -3.81. The van der Waals surface area contributed by atoms with E-state index in [1.807, 2.05) is 0 Å². The first-order valence-corrected chi connectivity index (χ1v) is 9.59. The number of nitrogen functional groups attached to an aromatic ring is 1. The van der Waals surface area contributed by atoms with Crippen molar-refractivity contribution in [1.82, 2.24) is 24.8 Å². The van der Waals surface area contributed by atoms with Gasteiger partial charge in [-0.2, -0.15) is 0 Å². The number of nitrogens with zero attached hydrogens (tertiary/aromatic N) is 4. The number of aliphatic carboxylic acids is 1. The van der Waals surface area contributed by atoms with Crippen LogP contribution in [0.25, 0.3) is 11.2 Å². The van der Waals surface area contributed by atoms with Crippen LogP contribution in [0.4, 0.5) is 5.82 Å². The lowest BCUT2D eigenvalue weighted by atomic mass is 10.0. The van der Waals surface area contributed by atoms with Crippen LogP contribution in [0.5, 0.6) is 5.75 Å². The van der Waals surface area contributed by atoms with E-state index in [4.69, 9.17) is 16.2 Å². The summed E-state index contributed by atoms with van der Waals surface area (Å²) in [6, 6.07) is 3.85. The molecule has 2 aromatic heterocycles. The minimum Gasteiger partial charge on any atom is -0.508 e. The maximum absolute atomic E-state index is 12.6. The number of carbonyl (C=O) groups is 2. The first-order valence-electron chi connectivity index (χ1n) is 9.59. The first kappa shape index (κ1) is 21.4. The second-order valence-corrected chi connectivity index (χ2v) is 7.37. The minimum absolute atomic E-state index is 0.0763. The number of anilines is 1. The number of carboxylic acids is 1. The number of nitrogens with two attached hydrogens (primary N) is 2. The van der Waals surface area contributed by atoms with Crippen LogP contribution in [-0.2, 0) is 20.7 Å². The Labute approximate surface area is 180 Å². The van der Waals surface area contributed by atoms with Gasteiger partial charge in [-0.15, -0.1) is 0 Å². The van der Waals surface area contributed by atoms with Gasteiger partial charge in [0, 0.05) is 0 Å². The van der Waals surface area contributed by atoms with Gasteiger partial charge in [0.1, 0.15) is 23.7 Å². The zero-order valence-electron chi connectivity index (χ0n) is 16.6. The van der Waals surface area contributed by atoms with Crippen LogP contribution in [-0.4, -0.2) is 71.0 Å². The number of aliphatic hydroxyl groups excluding tert-OH is 1. The van der Waals surface area contributed by atoms with Crippen LogP contribution in [0.15, 0.2) is 36.9 Å². The van der Waals surface area contributed by atoms with Gasteiger partial charge in [0.15, 0.2) is 23.8 Å². The SMILES string of the molecule is Nc1ncnc2c1ncn2[C@H]1O[C@H](C(=O)O)[C@@H](NC(=O)[C@@H](N)Cc2ccc(O)cc2)[C@H]1O. The summed E-state index contributed by atoms with van der Waals surface area (Å²) in [7, 11) is 0. The summed E-state index contributed by atoms with van der Waals surface area (Å²) in [6.07, 6.45) is -1.56. The molecule has 0 aliphatic carbocycles.